The molecule has 0 unspecified atom stereocenters. The maximum absolute atomic E-state index is 13.9. The summed E-state index contributed by atoms with van der Waals surface area (Å²) in [7, 11) is 0. The lowest BCUT2D eigenvalue weighted by atomic mass is 9.97. The molecule has 0 aliphatic heterocycles. The van der Waals surface area contributed by atoms with Crippen LogP contribution in [0.4, 0.5) is 0 Å². The Bertz CT molecular complexity index is 1800. The zero-order chi connectivity index (χ0) is 26.9. The van der Waals surface area contributed by atoms with Crippen molar-refractivity contribution in [3.63, 3.8) is 0 Å². The number of amides is 1. The van der Waals surface area contributed by atoms with Crippen LogP contribution < -0.4 is 11.0 Å². The summed E-state index contributed by atoms with van der Waals surface area (Å²) in [6.45, 7) is 1.88. The highest BCUT2D eigenvalue weighted by molar-refractivity contribution is 9.10. The van der Waals surface area contributed by atoms with E-state index in [4.69, 9.17) is 4.98 Å². The molecule has 0 saturated carbocycles. The fourth-order valence-electron chi connectivity index (χ4n) is 5.01. The van der Waals surface area contributed by atoms with Gasteiger partial charge in [0.05, 0.1) is 22.5 Å². The highest BCUT2D eigenvalue weighted by Crippen LogP contribution is 2.35. The minimum atomic E-state index is -0.262. The van der Waals surface area contributed by atoms with E-state index in [2.05, 4.69) is 38.6 Å². The largest absolute Gasteiger partial charge is 0.272 e. The van der Waals surface area contributed by atoms with Gasteiger partial charge >= 0.3 is 0 Å². The van der Waals surface area contributed by atoms with E-state index in [1.165, 1.54) is 16.6 Å². The van der Waals surface area contributed by atoms with Gasteiger partial charge in [0.1, 0.15) is 4.83 Å². The number of nitrogens with zero attached hydrogens (tertiary/aromatic N) is 3. The zero-order valence-electron chi connectivity index (χ0n) is 21.2. The second-order valence-electron chi connectivity index (χ2n) is 9.45. The first-order valence-corrected chi connectivity index (χ1v) is 15.4. The number of carbonyl (C=O) groups excluding carboxylic acids is 1. The van der Waals surface area contributed by atoms with E-state index < -0.39 is 0 Å². The molecule has 1 aliphatic carbocycles. The van der Waals surface area contributed by atoms with Crippen LogP contribution in [0.2, 0.25) is 0 Å². The third kappa shape index (κ3) is 5.18. The topological polar surface area (TPSA) is 76.3 Å². The van der Waals surface area contributed by atoms with Crippen molar-refractivity contribution in [1.82, 2.24) is 15.0 Å². The monoisotopic (exact) mass is 616 g/mol. The molecule has 0 saturated heterocycles. The number of halogens is 1. The number of benzene rings is 3. The highest BCUT2D eigenvalue weighted by Gasteiger charge is 2.23. The van der Waals surface area contributed by atoms with Gasteiger partial charge in [0.2, 0.25) is 0 Å². The van der Waals surface area contributed by atoms with E-state index >= 15 is 0 Å². The first-order chi connectivity index (χ1) is 19.0. The number of hydrogen-bond acceptors (Lipinski definition) is 6. The van der Waals surface area contributed by atoms with Gasteiger partial charge in [0, 0.05) is 14.9 Å². The summed E-state index contributed by atoms with van der Waals surface area (Å²) in [4.78, 5) is 33.7. The van der Waals surface area contributed by atoms with Crippen molar-refractivity contribution in [3.8, 4) is 5.69 Å². The lowest BCUT2D eigenvalue weighted by Gasteiger charge is -2.13. The molecule has 196 valence electrons. The molecule has 0 atom stereocenters. The van der Waals surface area contributed by atoms with E-state index in [0.717, 1.165) is 73.7 Å². The Morgan fingerprint density at radius 2 is 1.85 bits per heavy atom. The number of carbonyl (C=O) groups is 1. The molecule has 0 bridgehead atoms. The normalized spacial score (nSPS) is 13.5. The number of aromatic nitrogens is 2. The molecule has 1 N–H and O–H groups in total. The molecule has 2 heterocycles. The summed E-state index contributed by atoms with van der Waals surface area (Å²) in [5.74, 6) is -0.187. The average molecular weight is 618 g/mol. The third-order valence-corrected chi connectivity index (χ3v) is 9.56. The van der Waals surface area contributed by atoms with Crippen molar-refractivity contribution in [1.29, 1.82) is 0 Å². The van der Waals surface area contributed by atoms with Gasteiger partial charge in [-0.3, -0.25) is 14.2 Å². The first kappa shape index (κ1) is 26.0. The molecule has 0 radical (unpaired) electrons. The van der Waals surface area contributed by atoms with Gasteiger partial charge in [0.25, 0.3) is 11.5 Å². The van der Waals surface area contributed by atoms with Gasteiger partial charge in [-0.2, -0.15) is 5.10 Å². The van der Waals surface area contributed by atoms with Gasteiger partial charge in [-0.05, 0) is 73.2 Å². The van der Waals surface area contributed by atoms with E-state index in [1.807, 2.05) is 61.5 Å². The Labute approximate surface area is 242 Å². The molecule has 6 rings (SSSR count). The number of rotatable bonds is 6. The second-order valence-corrected chi connectivity index (χ2v) is 12.4. The Kier molecular flexibility index (Phi) is 7.38. The standard InChI is InChI=1S/C30H25BrN4O2S2/c1-18(22-11-6-8-19-7-2-3-9-23(19)22)33-34-26(36)17-38-30-32-28-27(24-10-4-5-12-25(24)39-28)29(37)35(30)21-15-13-20(31)14-16-21/h2-3,6-9,11,13-16H,4-5,10,12,17H2,1H3,(H,34,36). The van der Waals surface area contributed by atoms with Gasteiger partial charge in [-0.25, -0.2) is 10.4 Å². The second kappa shape index (κ2) is 11.1. The number of hydrazone groups is 1. The minimum Gasteiger partial charge on any atom is -0.272 e. The summed E-state index contributed by atoms with van der Waals surface area (Å²) in [6.07, 6.45) is 4.13. The number of nitrogens with one attached hydrogen (secondary N) is 1. The molecule has 0 fully saturated rings. The summed E-state index contributed by atoms with van der Waals surface area (Å²) in [5, 5.41) is 7.79. The van der Waals surface area contributed by atoms with Gasteiger partial charge < -0.3 is 0 Å². The Balaban J connectivity index is 1.29. The molecule has 6 nitrogen and oxygen atoms in total. The number of thiophene rings is 1. The van der Waals surface area contributed by atoms with Crippen molar-refractivity contribution in [3.05, 3.63) is 97.6 Å². The number of aryl methyl sites for hydroxylation is 2. The average Bonchev–Trinajstić information content (AvgIpc) is 3.34. The van der Waals surface area contributed by atoms with Crippen LogP contribution in [0.5, 0.6) is 0 Å². The molecule has 5 aromatic rings. The SMILES string of the molecule is CC(=NNC(=O)CSc1nc2sc3c(c2c(=O)n1-c1ccc(Br)cc1)CCCC3)c1cccc2ccccc12. The van der Waals surface area contributed by atoms with Gasteiger partial charge in [-0.15, -0.1) is 11.3 Å². The molecule has 3 aromatic carbocycles. The lowest BCUT2D eigenvalue weighted by Crippen LogP contribution is -2.24. The van der Waals surface area contributed by atoms with Crippen molar-refractivity contribution in [2.75, 3.05) is 5.75 Å². The Hall–Kier alpha value is -3.27. The molecule has 39 heavy (non-hydrogen) atoms. The van der Waals surface area contributed by atoms with E-state index in [1.54, 1.807) is 15.9 Å². The van der Waals surface area contributed by atoms with Gasteiger partial charge in [0.15, 0.2) is 5.16 Å². The van der Waals surface area contributed by atoms with Crippen LogP contribution in [-0.2, 0) is 17.6 Å². The van der Waals surface area contributed by atoms with E-state index in [-0.39, 0.29) is 17.2 Å². The quantitative estimate of drug-likeness (QED) is 0.0977. The molecular weight excluding hydrogens is 592 g/mol. The summed E-state index contributed by atoms with van der Waals surface area (Å²) in [5.41, 5.74) is 6.18. The van der Waals surface area contributed by atoms with Gasteiger partial charge in [-0.1, -0.05) is 70.2 Å². The fraction of sp³-hybridized carbons (Fsp3) is 0.200. The molecular formula is C30H25BrN4O2S2. The Morgan fingerprint density at radius 1 is 1.08 bits per heavy atom. The van der Waals surface area contributed by atoms with Crippen molar-refractivity contribution >= 4 is 71.6 Å². The van der Waals surface area contributed by atoms with Crippen LogP contribution >= 0.6 is 39.0 Å². The highest BCUT2D eigenvalue weighted by atomic mass is 79.9. The van der Waals surface area contributed by atoms with Crippen LogP contribution in [0.1, 0.15) is 35.8 Å². The predicted octanol–water partition coefficient (Wildman–Crippen LogP) is 6.87. The third-order valence-electron chi connectivity index (χ3n) is 6.90. The molecule has 0 spiro atoms. The van der Waals surface area contributed by atoms with Crippen LogP contribution in [0.3, 0.4) is 0 Å². The van der Waals surface area contributed by atoms with Crippen LogP contribution in [0.25, 0.3) is 26.7 Å². The lowest BCUT2D eigenvalue weighted by molar-refractivity contribution is -0.118. The van der Waals surface area contributed by atoms with Crippen LogP contribution in [0.15, 0.2) is 86.3 Å². The zero-order valence-corrected chi connectivity index (χ0v) is 24.5. The van der Waals surface area contributed by atoms with E-state index in [9.17, 15) is 9.59 Å². The molecule has 2 aromatic heterocycles. The molecule has 9 heteroatoms. The number of thioether (sulfide) groups is 1. The smallest absolute Gasteiger partial charge is 0.267 e. The maximum Gasteiger partial charge on any atom is 0.267 e. The first-order valence-electron chi connectivity index (χ1n) is 12.8. The van der Waals surface area contributed by atoms with Crippen LogP contribution in [-0.4, -0.2) is 26.9 Å². The minimum absolute atomic E-state index is 0.0746. The van der Waals surface area contributed by atoms with Crippen molar-refractivity contribution < 1.29 is 4.79 Å². The number of fused-ring (bicyclic) bond motifs is 4. The predicted molar refractivity (Wildman–Crippen MR) is 165 cm³/mol. The summed E-state index contributed by atoms with van der Waals surface area (Å²) in [6, 6.07) is 21.7. The number of hydrogen-bond donors (Lipinski definition) is 1. The molecule has 1 amide bonds. The summed E-state index contributed by atoms with van der Waals surface area (Å²) < 4.78 is 2.56. The maximum atomic E-state index is 13.9. The Morgan fingerprint density at radius 3 is 2.69 bits per heavy atom. The molecule has 1 aliphatic rings. The van der Waals surface area contributed by atoms with E-state index in [0.29, 0.717) is 5.16 Å². The van der Waals surface area contributed by atoms with Crippen molar-refractivity contribution in [2.24, 2.45) is 5.10 Å². The van der Waals surface area contributed by atoms with Crippen LogP contribution in [0, 0.1) is 0 Å². The van der Waals surface area contributed by atoms with Crippen molar-refractivity contribution in [2.45, 2.75) is 37.8 Å². The fourth-order valence-corrected chi connectivity index (χ4v) is 7.38. The summed E-state index contributed by atoms with van der Waals surface area (Å²) >= 11 is 6.33.